The number of fused-ring (bicyclic) bond motifs is 1. The molecule has 0 radical (unpaired) electrons. The highest BCUT2D eigenvalue weighted by Crippen LogP contribution is 2.28. The van der Waals surface area contributed by atoms with E-state index in [-0.39, 0.29) is 5.75 Å². The molecule has 0 spiro atoms. The second-order valence-electron chi connectivity index (χ2n) is 4.46. The Bertz CT molecular complexity index is 731. The van der Waals surface area contributed by atoms with Gasteiger partial charge in [-0.15, -0.1) is 0 Å². The summed E-state index contributed by atoms with van der Waals surface area (Å²) in [5.74, 6) is 0.796. The van der Waals surface area contributed by atoms with Gasteiger partial charge in [-0.3, -0.25) is 4.98 Å². The molecular weight excluding hydrogens is 226 g/mol. The zero-order valence-corrected chi connectivity index (χ0v) is 10.2. The average molecular weight is 239 g/mol. The molecule has 0 saturated heterocycles. The molecule has 0 fully saturated rings. The Morgan fingerprint density at radius 2 is 2.06 bits per heavy atom. The lowest BCUT2D eigenvalue weighted by atomic mass is 10.1. The number of aryl methyl sites for hydroxylation is 2. The molecule has 18 heavy (non-hydrogen) atoms. The van der Waals surface area contributed by atoms with Crippen LogP contribution in [-0.4, -0.2) is 20.1 Å². The smallest absolute Gasteiger partial charge is 0.144 e. The van der Waals surface area contributed by atoms with Gasteiger partial charge in [0, 0.05) is 6.20 Å². The van der Waals surface area contributed by atoms with Gasteiger partial charge in [0.05, 0.1) is 22.8 Å². The molecule has 0 saturated carbocycles. The van der Waals surface area contributed by atoms with Crippen molar-refractivity contribution in [1.29, 1.82) is 0 Å². The van der Waals surface area contributed by atoms with E-state index >= 15 is 0 Å². The van der Waals surface area contributed by atoms with Crippen molar-refractivity contribution in [2.24, 2.45) is 0 Å². The van der Waals surface area contributed by atoms with E-state index in [1.54, 1.807) is 12.3 Å². The van der Waals surface area contributed by atoms with Crippen LogP contribution in [0, 0.1) is 13.8 Å². The van der Waals surface area contributed by atoms with Crippen LogP contribution in [0.25, 0.3) is 22.4 Å². The number of H-pyrrole nitrogens is 1. The van der Waals surface area contributed by atoms with Crippen molar-refractivity contribution in [2.45, 2.75) is 13.8 Å². The molecule has 1 aromatic carbocycles. The number of rotatable bonds is 1. The molecule has 2 aromatic heterocycles. The van der Waals surface area contributed by atoms with Gasteiger partial charge in [0.25, 0.3) is 0 Å². The van der Waals surface area contributed by atoms with Crippen LogP contribution in [0.1, 0.15) is 11.1 Å². The average Bonchev–Trinajstić information content (AvgIpc) is 2.73. The summed E-state index contributed by atoms with van der Waals surface area (Å²) < 4.78 is 0. The maximum atomic E-state index is 9.79. The number of aromatic nitrogens is 3. The first-order valence-corrected chi connectivity index (χ1v) is 5.75. The summed E-state index contributed by atoms with van der Waals surface area (Å²) in [5.41, 5.74) is 4.90. The van der Waals surface area contributed by atoms with E-state index in [0.29, 0.717) is 11.4 Å². The molecule has 0 aliphatic carbocycles. The van der Waals surface area contributed by atoms with Crippen LogP contribution in [0.5, 0.6) is 5.75 Å². The van der Waals surface area contributed by atoms with E-state index < -0.39 is 0 Å². The van der Waals surface area contributed by atoms with Crippen LogP contribution in [0.3, 0.4) is 0 Å². The predicted octanol–water partition coefficient (Wildman–Crippen LogP) is 2.95. The third-order valence-electron chi connectivity index (χ3n) is 2.98. The monoisotopic (exact) mass is 239 g/mol. The van der Waals surface area contributed by atoms with Crippen LogP contribution >= 0.6 is 0 Å². The van der Waals surface area contributed by atoms with Crippen molar-refractivity contribution in [3.05, 3.63) is 41.7 Å². The first-order valence-electron chi connectivity index (χ1n) is 5.75. The largest absolute Gasteiger partial charge is 0.506 e. The van der Waals surface area contributed by atoms with Crippen molar-refractivity contribution in [3.8, 4) is 17.1 Å². The van der Waals surface area contributed by atoms with Crippen LogP contribution in [0.2, 0.25) is 0 Å². The van der Waals surface area contributed by atoms with E-state index in [0.717, 1.165) is 16.6 Å². The molecule has 0 unspecified atom stereocenters. The Morgan fingerprint density at radius 3 is 2.83 bits per heavy atom. The van der Waals surface area contributed by atoms with Gasteiger partial charge in [-0.25, -0.2) is 4.98 Å². The van der Waals surface area contributed by atoms with Crippen molar-refractivity contribution in [2.75, 3.05) is 0 Å². The fraction of sp³-hybridized carbons (Fsp3) is 0.143. The third-order valence-corrected chi connectivity index (χ3v) is 2.98. The van der Waals surface area contributed by atoms with E-state index in [9.17, 15) is 5.11 Å². The Labute approximate surface area is 104 Å². The van der Waals surface area contributed by atoms with E-state index in [2.05, 4.69) is 34.0 Å². The number of hydrogen-bond donors (Lipinski definition) is 2. The number of hydrogen-bond acceptors (Lipinski definition) is 3. The lowest BCUT2D eigenvalue weighted by Gasteiger charge is -1.98. The van der Waals surface area contributed by atoms with Gasteiger partial charge in [0.2, 0.25) is 0 Å². The number of pyridine rings is 1. The van der Waals surface area contributed by atoms with Crippen molar-refractivity contribution in [3.63, 3.8) is 0 Å². The molecule has 0 aliphatic heterocycles. The van der Waals surface area contributed by atoms with E-state index in [4.69, 9.17) is 0 Å². The Hall–Kier alpha value is -2.36. The summed E-state index contributed by atoms with van der Waals surface area (Å²) in [6.45, 7) is 4.09. The van der Waals surface area contributed by atoms with Crippen LogP contribution < -0.4 is 0 Å². The summed E-state index contributed by atoms with van der Waals surface area (Å²) in [6.07, 6.45) is 3.06. The molecule has 4 heteroatoms. The maximum absolute atomic E-state index is 9.79. The van der Waals surface area contributed by atoms with Gasteiger partial charge < -0.3 is 10.1 Å². The fourth-order valence-electron chi connectivity index (χ4n) is 2.18. The van der Waals surface area contributed by atoms with Gasteiger partial charge in [0.1, 0.15) is 11.6 Å². The number of aromatic amines is 1. The lowest BCUT2D eigenvalue weighted by molar-refractivity contribution is 0.474. The van der Waals surface area contributed by atoms with Crippen molar-refractivity contribution >= 4 is 11.0 Å². The topological polar surface area (TPSA) is 61.8 Å². The molecule has 0 bridgehead atoms. The molecule has 4 nitrogen and oxygen atoms in total. The van der Waals surface area contributed by atoms with Crippen molar-refractivity contribution in [1.82, 2.24) is 15.0 Å². The Balaban J connectivity index is 2.26. The molecule has 0 atom stereocenters. The van der Waals surface area contributed by atoms with Gasteiger partial charge >= 0.3 is 0 Å². The number of nitrogens with zero attached hydrogens (tertiary/aromatic N) is 2. The number of imidazole rings is 1. The van der Waals surface area contributed by atoms with Crippen LogP contribution in [0.4, 0.5) is 0 Å². The molecule has 90 valence electrons. The molecule has 3 aromatic rings. The maximum Gasteiger partial charge on any atom is 0.144 e. The zero-order valence-electron chi connectivity index (χ0n) is 10.2. The lowest BCUT2D eigenvalue weighted by Crippen LogP contribution is -1.82. The van der Waals surface area contributed by atoms with Gasteiger partial charge in [-0.05, 0) is 37.1 Å². The number of aromatic hydroxyl groups is 1. The minimum Gasteiger partial charge on any atom is -0.506 e. The molecule has 2 heterocycles. The highest BCUT2D eigenvalue weighted by atomic mass is 16.3. The van der Waals surface area contributed by atoms with E-state index in [1.807, 2.05) is 6.92 Å². The van der Waals surface area contributed by atoms with Gasteiger partial charge in [0.15, 0.2) is 0 Å². The quantitative estimate of drug-likeness (QED) is 0.686. The molecule has 3 rings (SSSR count). The van der Waals surface area contributed by atoms with Crippen molar-refractivity contribution < 1.29 is 5.11 Å². The fourth-order valence-corrected chi connectivity index (χ4v) is 2.18. The second kappa shape index (κ2) is 3.84. The van der Waals surface area contributed by atoms with Gasteiger partial charge in [-0.1, -0.05) is 6.07 Å². The highest BCUT2D eigenvalue weighted by Gasteiger charge is 2.10. The van der Waals surface area contributed by atoms with Crippen LogP contribution in [-0.2, 0) is 0 Å². The first kappa shape index (κ1) is 10.8. The molecular formula is C14H13N3O. The summed E-state index contributed by atoms with van der Waals surface area (Å²) in [7, 11) is 0. The summed E-state index contributed by atoms with van der Waals surface area (Å²) >= 11 is 0. The number of benzene rings is 1. The molecule has 0 amide bonds. The third kappa shape index (κ3) is 1.62. The molecule has 0 aliphatic rings. The first-order chi connectivity index (χ1) is 8.65. The van der Waals surface area contributed by atoms with Crippen LogP contribution in [0.15, 0.2) is 30.6 Å². The normalized spacial score (nSPS) is 11.0. The Kier molecular flexibility index (Phi) is 2.30. The second-order valence-corrected chi connectivity index (χ2v) is 4.46. The van der Waals surface area contributed by atoms with Gasteiger partial charge in [-0.2, -0.15) is 0 Å². The standard InChI is InChI=1S/C14H13N3O/c1-8-5-9(2)13-11(6-8)16-14(17-13)10-3-4-15-7-12(10)18/h3-7,18H,1-2H3,(H,16,17). The SMILES string of the molecule is Cc1cc(C)c2nc(-c3ccncc3O)[nH]c2c1. The summed E-state index contributed by atoms with van der Waals surface area (Å²) in [6, 6.07) is 5.89. The summed E-state index contributed by atoms with van der Waals surface area (Å²) in [4.78, 5) is 11.6. The minimum atomic E-state index is 0.130. The minimum absolute atomic E-state index is 0.130. The zero-order chi connectivity index (χ0) is 12.7. The Morgan fingerprint density at radius 1 is 1.22 bits per heavy atom. The summed E-state index contributed by atoms with van der Waals surface area (Å²) in [5, 5.41) is 9.79. The highest BCUT2D eigenvalue weighted by molar-refractivity contribution is 5.83. The number of nitrogens with one attached hydrogen (secondary N) is 1. The molecule has 2 N–H and O–H groups in total. The predicted molar refractivity (Wildman–Crippen MR) is 70.5 cm³/mol. The van der Waals surface area contributed by atoms with E-state index in [1.165, 1.54) is 11.8 Å².